The minimum atomic E-state index is -1.28. The van der Waals surface area contributed by atoms with Crippen LogP contribution in [-0.4, -0.2) is 50.8 Å². The molecule has 0 heterocycles. The van der Waals surface area contributed by atoms with Crippen molar-refractivity contribution in [2.24, 2.45) is 11.8 Å². The Balaban J connectivity index is 2.50. The lowest BCUT2D eigenvalue weighted by atomic mass is 9.89. The minimum Gasteiger partial charge on any atom is -0.479 e. The number of aliphatic carboxylic acids is 1. The monoisotopic (exact) mass is 414 g/mol. The molecule has 162 valence electrons. The van der Waals surface area contributed by atoms with Crippen molar-refractivity contribution in [3.63, 3.8) is 0 Å². The molecule has 1 saturated carbocycles. The summed E-state index contributed by atoms with van der Waals surface area (Å²) in [5, 5.41) is 27.4. The molecule has 1 fully saturated rings. The van der Waals surface area contributed by atoms with Gasteiger partial charge in [0.1, 0.15) is 5.78 Å². The van der Waals surface area contributed by atoms with Gasteiger partial charge in [-0.05, 0) is 31.6 Å². The van der Waals surface area contributed by atoms with Gasteiger partial charge < -0.3 is 15.3 Å². The number of rotatable bonds is 16. The van der Waals surface area contributed by atoms with Gasteiger partial charge in [-0.25, -0.2) is 4.79 Å². The number of carbonyl (C=O) groups is 2. The third-order valence-electron chi connectivity index (χ3n) is 5.49. The highest BCUT2D eigenvalue weighted by atomic mass is 32.2. The Labute approximate surface area is 174 Å². The summed E-state index contributed by atoms with van der Waals surface area (Å²) in [5.41, 5.74) is 0. The number of hydrogen-bond acceptors (Lipinski definition) is 5. The van der Waals surface area contributed by atoms with Crippen LogP contribution in [0.15, 0.2) is 12.2 Å². The first-order valence-corrected chi connectivity index (χ1v) is 11.9. The third-order valence-corrected chi connectivity index (χ3v) is 6.82. The van der Waals surface area contributed by atoms with Gasteiger partial charge in [-0.15, -0.1) is 0 Å². The number of aliphatic hydroxyl groups is 2. The van der Waals surface area contributed by atoms with Gasteiger partial charge in [0.2, 0.25) is 0 Å². The summed E-state index contributed by atoms with van der Waals surface area (Å²) in [6.45, 7) is 2.34. The number of ketones is 1. The molecule has 5 nitrogen and oxygen atoms in total. The maximum absolute atomic E-state index is 12.6. The van der Waals surface area contributed by atoms with Gasteiger partial charge >= 0.3 is 5.97 Å². The van der Waals surface area contributed by atoms with Crippen LogP contribution in [0, 0.1) is 11.8 Å². The Morgan fingerprint density at radius 3 is 2.64 bits per heavy atom. The van der Waals surface area contributed by atoms with Crippen LogP contribution in [0.3, 0.4) is 0 Å². The fourth-order valence-corrected chi connectivity index (χ4v) is 5.08. The average Bonchev–Trinajstić information content (AvgIpc) is 2.97. The van der Waals surface area contributed by atoms with Crippen LogP contribution in [0.5, 0.6) is 0 Å². The molecule has 0 amide bonds. The topological polar surface area (TPSA) is 94.8 Å². The van der Waals surface area contributed by atoms with Gasteiger partial charge in [0.15, 0.2) is 6.10 Å². The number of carbonyl (C=O) groups excluding carboxylic acids is 1. The van der Waals surface area contributed by atoms with Gasteiger partial charge in [-0.3, -0.25) is 4.79 Å². The Morgan fingerprint density at radius 2 is 1.96 bits per heavy atom. The summed E-state index contributed by atoms with van der Waals surface area (Å²) in [7, 11) is 0. The molecule has 6 heteroatoms. The minimum absolute atomic E-state index is 0.0347. The highest BCUT2D eigenvalue weighted by Crippen LogP contribution is 2.40. The summed E-state index contributed by atoms with van der Waals surface area (Å²) in [5.74, 6) is 0.0892. The van der Waals surface area contributed by atoms with Crippen molar-refractivity contribution in [1.29, 1.82) is 0 Å². The SMILES string of the molecule is CCCCCCC=C[C@H]1[C@@H](SCCO)CC(=O)[C@@H]1CCCCC[C@@H](O)C(=O)O. The lowest BCUT2D eigenvalue weighted by Gasteiger charge is -2.20. The molecule has 0 unspecified atom stereocenters. The van der Waals surface area contributed by atoms with E-state index in [9.17, 15) is 14.7 Å². The van der Waals surface area contributed by atoms with Gasteiger partial charge in [0, 0.05) is 23.3 Å². The van der Waals surface area contributed by atoms with Crippen molar-refractivity contribution in [1.82, 2.24) is 0 Å². The van der Waals surface area contributed by atoms with E-state index in [1.807, 2.05) is 0 Å². The first-order valence-electron chi connectivity index (χ1n) is 10.8. The van der Waals surface area contributed by atoms with E-state index in [4.69, 9.17) is 10.2 Å². The lowest BCUT2D eigenvalue weighted by Crippen LogP contribution is -2.19. The number of carboxylic acid groups (broad SMARTS) is 1. The summed E-state index contributed by atoms with van der Waals surface area (Å²) < 4.78 is 0. The Kier molecular flexibility index (Phi) is 13.5. The van der Waals surface area contributed by atoms with Crippen LogP contribution < -0.4 is 0 Å². The van der Waals surface area contributed by atoms with Gasteiger partial charge in [-0.1, -0.05) is 57.6 Å². The van der Waals surface area contributed by atoms with Gasteiger partial charge in [0.05, 0.1) is 6.61 Å². The normalized spacial score (nSPS) is 23.5. The number of carboxylic acids is 1. The second-order valence-corrected chi connectivity index (χ2v) is 9.10. The summed E-state index contributed by atoms with van der Waals surface area (Å²) in [6, 6.07) is 0. The first kappa shape index (κ1) is 25.2. The van der Waals surface area contributed by atoms with Crippen molar-refractivity contribution in [2.75, 3.05) is 12.4 Å². The number of hydrogen-bond donors (Lipinski definition) is 3. The highest BCUT2D eigenvalue weighted by Gasteiger charge is 2.40. The second kappa shape index (κ2) is 15.1. The van der Waals surface area contributed by atoms with Crippen LogP contribution in [0.4, 0.5) is 0 Å². The maximum atomic E-state index is 12.6. The van der Waals surface area contributed by atoms with E-state index in [2.05, 4.69) is 19.1 Å². The van der Waals surface area contributed by atoms with Crippen molar-refractivity contribution in [2.45, 2.75) is 88.9 Å². The molecule has 0 radical (unpaired) electrons. The summed E-state index contributed by atoms with van der Waals surface area (Å²) >= 11 is 1.70. The molecule has 1 aliphatic carbocycles. The Bertz CT molecular complexity index is 480. The predicted octanol–water partition coefficient (Wildman–Crippen LogP) is 4.21. The number of unbranched alkanes of at least 4 members (excludes halogenated alkanes) is 6. The molecule has 0 aliphatic heterocycles. The molecule has 4 atom stereocenters. The molecule has 28 heavy (non-hydrogen) atoms. The lowest BCUT2D eigenvalue weighted by molar-refractivity contribution is -0.147. The summed E-state index contributed by atoms with van der Waals surface area (Å²) in [6.07, 6.45) is 13.2. The molecule has 1 rings (SSSR count). The first-order chi connectivity index (χ1) is 13.5. The quantitative estimate of drug-likeness (QED) is 0.259. The number of aliphatic hydroxyl groups excluding tert-OH is 2. The van der Waals surface area contributed by atoms with Crippen molar-refractivity contribution < 1.29 is 24.9 Å². The molecule has 0 spiro atoms. The highest BCUT2D eigenvalue weighted by molar-refractivity contribution is 8.00. The zero-order valence-electron chi connectivity index (χ0n) is 17.2. The molecular weight excluding hydrogens is 376 g/mol. The molecule has 0 aromatic heterocycles. The van der Waals surface area contributed by atoms with E-state index < -0.39 is 12.1 Å². The van der Waals surface area contributed by atoms with Crippen LogP contribution in [-0.2, 0) is 9.59 Å². The standard InChI is InChI=1S/C22H38O5S/c1-2-3-4-5-6-8-12-18-17(20(25)16-21(18)28-15-14-23)11-9-7-10-13-19(24)22(26)27/h8,12,17-19,21,23-24H,2-7,9-11,13-16H2,1H3,(H,26,27)/t17-,18-,19-,21+/m1/s1. The Hall–Kier alpha value is -0.850. The van der Waals surface area contributed by atoms with E-state index in [1.54, 1.807) is 11.8 Å². The largest absolute Gasteiger partial charge is 0.479 e. The molecule has 3 N–H and O–H groups in total. The molecular formula is C22H38O5S. The van der Waals surface area contributed by atoms with E-state index >= 15 is 0 Å². The van der Waals surface area contributed by atoms with Crippen LogP contribution in [0.25, 0.3) is 0 Å². The van der Waals surface area contributed by atoms with Crippen LogP contribution >= 0.6 is 11.8 Å². The number of allylic oxidation sites excluding steroid dienone is 2. The maximum Gasteiger partial charge on any atom is 0.332 e. The molecule has 0 aromatic rings. The fraction of sp³-hybridized carbons (Fsp3) is 0.818. The Morgan fingerprint density at radius 1 is 1.21 bits per heavy atom. The fourth-order valence-electron chi connectivity index (χ4n) is 3.89. The van der Waals surface area contributed by atoms with Crippen molar-refractivity contribution in [3.05, 3.63) is 12.2 Å². The molecule has 0 aromatic carbocycles. The van der Waals surface area contributed by atoms with E-state index in [0.29, 0.717) is 24.4 Å². The van der Waals surface area contributed by atoms with Crippen LogP contribution in [0.2, 0.25) is 0 Å². The number of Topliss-reactive ketones (excluding diaryl/α,β-unsaturated/α-hetero) is 1. The molecule has 1 aliphatic rings. The smallest absolute Gasteiger partial charge is 0.332 e. The van der Waals surface area contributed by atoms with Crippen LogP contribution in [0.1, 0.15) is 77.6 Å². The average molecular weight is 415 g/mol. The van der Waals surface area contributed by atoms with Gasteiger partial charge in [0.25, 0.3) is 0 Å². The predicted molar refractivity (Wildman–Crippen MR) is 115 cm³/mol. The van der Waals surface area contributed by atoms with Gasteiger partial charge in [-0.2, -0.15) is 11.8 Å². The van der Waals surface area contributed by atoms with E-state index in [0.717, 1.165) is 25.7 Å². The molecule has 0 bridgehead atoms. The van der Waals surface area contributed by atoms with E-state index in [1.165, 1.54) is 25.7 Å². The zero-order chi connectivity index (χ0) is 20.8. The molecule has 0 saturated heterocycles. The van der Waals surface area contributed by atoms with Crippen molar-refractivity contribution >= 4 is 23.5 Å². The zero-order valence-corrected chi connectivity index (χ0v) is 18.0. The van der Waals surface area contributed by atoms with E-state index in [-0.39, 0.29) is 30.1 Å². The third kappa shape index (κ3) is 9.57. The van der Waals surface area contributed by atoms with Crippen molar-refractivity contribution in [3.8, 4) is 0 Å². The second-order valence-electron chi connectivity index (χ2n) is 7.76. The summed E-state index contributed by atoms with van der Waals surface area (Å²) in [4.78, 5) is 23.2. The number of thioether (sulfide) groups is 1.